The molecule has 0 spiro atoms. The standard InChI is InChI=1S/C19H35NO2.ClH/c1-13(2)20(14(3)4)11-18(21)12-22-19-8-15-5-16(9-19)7-17(6-15)10-19;/h13-18,21H,5-12H2,1-4H3;1H. The van der Waals surface area contributed by atoms with Crippen LogP contribution in [0, 0.1) is 17.8 Å². The van der Waals surface area contributed by atoms with Crippen LogP contribution in [0.4, 0.5) is 0 Å². The number of aliphatic hydroxyl groups excluding tert-OH is 1. The molecule has 3 nitrogen and oxygen atoms in total. The van der Waals surface area contributed by atoms with Crippen LogP contribution in [-0.4, -0.2) is 46.9 Å². The first-order chi connectivity index (χ1) is 10.4. The van der Waals surface area contributed by atoms with E-state index in [0.717, 1.165) is 24.3 Å². The third kappa shape index (κ3) is 4.42. The fraction of sp³-hybridized carbons (Fsp3) is 1.00. The van der Waals surface area contributed by atoms with E-state index in [2.05, 4.69) is 32.6 Å². The molecule has 0 aromatic carbocycles. The molecule has 4 saturated carbocycles. The van der Waals surface area contributed by atoms with E-state index in [1.54, 1.807) is 0 Å². The van der Waals surface area contributed by atoms with Gasteiger partial charge in [-0.15, -0.1) is 12.4 Å². The van der Waals surface area contributed by atoms with Crippen molar-refractivity contribution >= 4 is 12.4 Å². The second-order valence-corrected chi connectivity index (χ2v) is 8.95. The SMILES string of the molecule is CC(C)N(CC(O)COC12CC3CC(CC(C3)C1)C2)C(C)C.Cl. The van der Waals surface area contributed by atoms with Gasteiger partial charge in [-0.2, -0.15) is 0 Å². The molecular weight excluding hydrogens is 310 g/mol. The molecule has 136 valence electrons. The smallest absolute Gasteiger partial charge is 0.0900 e. The Morgan fingerprint density at radius 3 is 1.78 bits per heavy atom. The van der Waals surface area contributed by atoms with Gasteiger partial charge < -0.3 is 9.84 Å². The molecule has 23 heavy (non-hydrogen) atoms. The lowest BCUT2D eigenvalue weighted by Crippen LogP contribution is -2.53. The van der Waals surface area contributed by atoms with E-state index >= 15 is 0 Å². The number of halogens is 1. The van der Waals surface area contributed by atoms with Crippen LogP contribution in [0.2, 0.25) is 0 Å². The van der Waals surface area contributed by atoms with Crippen molar-refractivity contribution in [3.05, 3.63) is 0 Å². The minimum atomic E-state index is -0.363. The Balaban J connectivity index is 0.00000192. The van der Waals surface area contributed by atoms with Crippen molar-refractivity contribution in [1.82, 2.24) is 4.90 Å². The van der Waals surface area contributed by atoms with Gasteiger partial charge in [0.2, 0.25) is 0 Å². The average Bonchev–Trinajstić information content (AvgIpc) is 2.40. The van der Waals surface area contributed by atoms with E-state index < -0.39 is 0 Å². The largest absolute Gasteiger partial charge is 0.389 e. The maximum Gasteiger partial charge on any atom is 0.0900 e. The Morgan fingerprint density at radius 2 is 1.39 bits per heavy atom. The lowest BCUT2D eigenvalue weighted by atomic mass is 9.54. The van der Waals surface area contributed by atoms with Gasteiger partial charge in [0, 0.05) is 18.6 Å². The Hall–Kier alpha value is 0.170. The highest BCUT2D eigenvalue weighted by molar-refractivity contribution is 5.85. The van der Waals surface area contributed by atoms with Crippen LogP contribution in [0.25, 0.3) is 0 Å². The normalized spacial score (nSPS) is 36.8. The van der Waals surface area contributed by atoms with E-state index in [1.807, 2.05) is 0 Å². The van der Waals surface area contributed by atoms with Crippen molar-refractivity contribution in [2.45, 2.75) is 90.0 Å². The molecule has 0 radical (unpaired) electrons. The van der Waals surface area contributed by atoms with Gasteiger partial charge in [-0.05, 0) is 84.0 Å². The summed E-state index contributed by atoms with van der Waals surface area (Å²) in [6.07, 6.45) is 7.73. The number of aliphatic hydroxyl groups is 1. The van der Waals surface area contributed by atoms with Gasteiger partial charge in [0.05, 0.1) is 18.3 Å². The maximum absolute atomic E-state index is 10.5. The summed E-state index contributed by atoms with van der Waals surface area (Å²) < 4.78 is 6.39. The molecule has 0 aliphatic heterocycles. The van der Waals surface area contributed by atoms with Gasteiger partial charge in [0.15, 0.2) is 0 Å². The van der Waals surface area contributed by atoms with Crippen LogP contribution in [0.3, 0.4) is 0 Å². The monoisotopic (exact) mass is 345 g/mol. The molecule has 0 amide bonds. The number of nitrogens with zero attached hydrogens (tertiary/aromatic N) is 1. The van der Waals surface area contributed by atoms with Crippen molar-refractivity contribution in [3.63, 3.8) is 0 Å². The van der Waals surface area contributed by atoms with Crippen molar-refractivity contribution in [3.8, 4) is 0 Å². The third-order valence-electron chi connectivity index (χ3n) is 6.31. The number of hydrogen-bond donors (Lipinski definition) is 1. The number of ether oxygens (including phenoxy) is 1. The first-order valence-electron chi connectivity index (χ1n) is 9.44. The molecule has 0 aromatic heterocycles. The Morgan fingerprint density at radius 1 is 0.957 bits per heavy atom. The van der Waals surface area contributed by atoms with E-state index in [1.165, 1.54) is 38.5 Å². The summed E-state index contributed by atoms with van der Waals surface area (Å²) in [7, 11) is 0. The molecule has 4 aliphatic rings. The highest BCUT2D eigenvalue weighted by Crippen LogP contribution is 2.57. The first-order valence-corrected chi connectivity index (χ1v) is 9.44. The predicted molar refractivity (Wildman–Crippen MR) is 97.1 cm³/mol. The zero-order chi connectivity index (χ0) is 15.9. The van der Waals surface area contributed by atoms with Crippen LogP contribution in [0.1, 0.15) is 66.2 Å². The molecule has 4 rings (SSSR count). The maximum atomic E-state index is 10.5. The molecule has 4 bridgehead atoms. The van der Waals surface area contributed by atoms with Crippen molar-refractivity contribution in [2.24, 2.45) is 17.8 Å². The van der Waals surface area contributed by atoms with Crippen molar-refractivity contribution < 1.29 is 9.84 Å². The summed E-state index contributed by atoms with van der Waals surface area (Å²) in [5, 5.41) is 10.5. The minimum absolute atomic E-state index is 0. The van der Waals surface area contributed by atoms with E-state index in [0.29, 0.717) is 18.7 Å². The lowest BCUT2D eigenvalue weighted by molar-refractivity contribution is -0.176. The summed E-state index contributed by atoms with van der Waals surface area (Å²) in [4.78, 5) is 2.35. The molecule has 4 heteroatoms. The van der Waals surface area contributed by atoms with Crippen LogP contribution in [0.5, 0.6) is 0 Å². The predicted octanol–water partition coefficient (Wildman–Crippen LogP) is 3.87. The van der Waals surface area contributed by atoms with Crippen molar-refractivity contribution in [1.29, 1.82) is 0 Å². The third-order valence-corrected chi connectivity index (χ3v) is 6.31. The van der Waals surface area contributed by atoms with Gasteiger partial charge in [-0.3, -0.25) is 4.90 Å². The fourth-order valence-electron chi connectivity index (χ4n) is 5.79. The quantitative estimate of drug-likeness (QED) is 0.760. The van der Waals surface area contributed by atoms with Crippen LogP contribution >= 0.6 is 12.4 Å². The summed E-state index contributed by atoms with van der Waals surface area (Å²) in [5.41, 5.74) is 0.121. The van der Waals surface area contributed by atoms with E-state index in [4.69, 9.17) is 4.74 Å². The molecule has 4 aliphatic carbocycles. The molecular formula is C19H36ClNO2. The molecule has 1 unspecified atom stereocenters. The first kappa shape index (κ1) is 19.5. The van der Waals surface area contributed by atoms with E-state index in [9.17, 15) is 5.11 Å². The summed E-state index contributed by atoms with van der Waals surface area (Å²) in [6.45, 7) is 10.0. The van der Waals surface area contributed by atoms with Gasteiger partial charge in [0.1, 0.15) is 0 Å². The van der Waals surface area contributed by atoms with E-state index in [-0.39, 0.29) is 24.1 Å². The van der Waals surface area contributed by atoms with Crippen LogP contribution in [-0.2, 0) is 4.74 Å². The Kier molecular flexibility index (Phi) is 6.44. The molecule has 0 saturated heterocycles. The lowest BCUT2D eigenvalue weighted by Gasteiger charge is -2.56. The number of hydrogen-bond acceptors (Lipinski definition) is 3. The summed E-state index contributed by atoms with van der Waals surface area (Å²) in [6, 6.07) is 0.934. The Bertz CT molecular complexity index is 342. The Labute approximate surface area is 148 Å². The number of rotatable bonds is 7. The van der Waals surface area contributed by atoms with Crippen molar-refractivity contribution in [2.75, 3.05) is 13.2 Å². The second-order valence-electron chi connectivity index (χ2n) is 8.95. The topological polar surface area (TPSA) is 32.7 Å². The molecule has 0 heterocycles. The van der Waals surface area contributed by atoms with Gasteiger partial charge in [-0.1, -0.05) is 0 Å². The van der Waals surface area contributed by atoms with Gasteiger partial charge >= 0.3 is 0 Å². The summed E-state index contributed by atoms with van der Waals surface area (Å²) >= 11 is 0. The molecule has 0 aromatic rings. The molecule has 1 N–H and O–H groups in total. The minimum Gasteiger partial charge on any atom is -0.389 e. The highest BCUT2D eigenvalue weighted by atomic mass is 35.5. The van der Waals surface area contributed by atoms with Crippen LogP contribution in [0.15, 0.2) is 0 Å². The molecule has 4 fully saturated rings. The molecule has 1 atom stereocenters. The zero-order valence-electron chi connectivity index (χ0n) is 15.3. The average molecular weight is 346 g/mol. The van der Waals surface area contributed by atoms with Gasteiger partial charge in [-0.25, -0.2) is 0 Å². The van der Waals surface area contributed by atoms with Gasteiger partial charge in [0.25, 0.3) is 0 Å². The zero-order valence-corrected chi connectivity index (χ0v) is 16.1. The van der Waals surface area contributed by atoms with Crippen LogP contribution < -0.4 is 0 Å². The fourth-order valence-corrected chi connectivity index (χ4v) is 5.79. The second kappa shape index (κ2) is 7.59. The summed E-state index contributed by atoms with van der Waals surface area (Å²) in [5.74, 6) is 2.73. The highest BCUT2D eigenvalue weighted by Gasteiger charge is 2.51.